The molecular weight excluding hydrogens is 408 g/mol. The van der Waals surface area contributed by atoms with Crippen LogP contribution < -0.4 is 16.0 Å². The summed E-state index contributed by atoms with van der Waals surface area (Å²) in [5, 5.41) is 12.4. The van der Waals surface area contributed by atoms with E-state index < -0.39 is 0 Å². The highest BCUT2D eigenvalue weighted by Gasteiger charge is 2.29. The Morgan fingerprint density at radius 3 is 2.34 bits per heavy atom. The van der Waals surface area contributed by atoms with Crippen LogP contribution in [0.15, 0.2) is 47.2 Å². The normalized spacial score (nSPS) is 13.0. The molecule has 3 amide bonds. The van der Waals surface area contributed by atoms with Crippen molar-refractivity contribution < 1.29 is 14.4 Å². The van der Waals surface area contributed by atoms with Gasteiger partial charge in [0.2, 0.25) is 11.8 Å². The van der Waals surface area contributed by atoms with Crippen LogP contribution in [0, 0.1) is 5.92 Å². The van der Waals surface area contributed by atoms with Crippen molar-refractivity contribution in [2.45, 2.75) is 19.3 Å². The van der Waals surface area contributed by atoms with Gasteiger partial charge in [-0.25, -0.2) is 4.98 Å². The van der Waals surface area contributed by atoms with E-state index in [9.17, 15) is 14.4 Å². The van der Waals surface area contributed by atoms with E-state index in [2.05, 4.69) is 20.9 Å². The molecule has 29 heavy (non-hydrogen) atoms. The number of anilines is 3. The SMILES string of the molecule is O=C(Cc1csc(NC(=O)c2cccs2)n1)Nc1ccc(NC(=O)C2CC2)cc1. The molecule has 1 fully saturated rings. The minimum absolute atomic E-state index is 0.0484. The predicted octanol–water partition coefficient (Wildman–Crippen LogP) is 3.99. The number of hydrogen-bond donors (Lipinski definition) is 3. The molecule has 0 unspecified atom stereocenters. The van der Waals surface area contributed by atoms with Crippen LogP contribution in [0.1, 0.15) is 28.2 Å². The fourth-order valence-electron chi connectivity index (χ4n) is 2.61. The zero-order valence-corrected chi connectivity index (χ0v) is 16.9. The molecule has 4 rings (SSSR count). The number of rotatable bonds is 7. The Balaban J connectivity index is 1.27. The van der Waals surface area contributed by atoms with Gasteiger partial charge in [0.15, 0.2) is 5.13 Å². The molecule has 0 atom stereocenters. The second-order valence-corrected chi connectivity index (χ2v) is 8.45. The smallest absolute Gasteiger partial charge is 0.267 e. The van der Waals surface area contributed by atoms with Crippen molar-refractivity contribution in [3.8, 4) is 0 Å². The summed E-state index contributed by atoms with van der Waals surface area (Å²) >= 11 is 2.63. The van der Waals surface area contributed by atoms with Gasteiger partial charge in [0.05, 0.1) is 17.0 Å². The number of nitrogens with one attached hydrogen (secondary N) is 3. The summed E-state index contributed by atoms with van der Waals surface area (Å²) in [6, 6.07) is 10.6. The Kier molecular flexibility index (Phi) is 5.68. The van der Waals surface area contributed by atoms with Crippen molar-refractivity contribution >= 4 is 56.9 Å². The van der Waals surface area contributed by atoms with Crippen LogP contribution >= 0.6 is 22.7 Å². The zero-order chi connectivity index (χ0) is 20.2. The Morgan fingerprint density at radius 2 is 1.69 bits per heavy atom. The topological polar surface area (TPSA) is 100 Å². The van der Waals surface area contributed by atoms with Gasteiger partial charge in [-0.15, -0.1) is 22.7 Å². The first-order valence-electron chi connectivity index (χ1n) is 9.07. The number of nitrogens with zero attached hydrogens (tertiary/aromatic N) is 1. The molecule has 0 aliphatic heterocycles. The van der Waals surface area contributed by atoms with Crippen molar-refractivity contribution in [2.24, 2.45) is 5.92 Å². The third-order valence-corrected chi connectivity index (χ3v) is 5.92. The summed E-state index contributed by atoms with van der Waals surface area (Å²) < 4.78 is 0. The van der Waals surface area contributed by atoms with Crippen LogP contribution in [-0.4, -0.2) is 22.7 Å². The lowest BCUT2D eigenvalue weighted by Gasteiger charge is -2.07. The second-order valence-electron chi connectivity index (χ2n) is 6.64. The third-order valence-electron chi connectivity index (χ3n) is 4.24. The maximum Gasteiger partial charge on any atom is 0.267 e. The van der Waals surface area contributed by atoms with Gasteiger partial charge in [0.25, 0.3) is 5.91 Å². The van der Waals surface area contributed by atoms with E-state index >= 15 is 0 Å². The number of benzene rings is 1. The minimum atomic E-state index is -0.209. The number of thiazole rings is 1. The monoisotopic (exact) mass is 426 g/mol. The average molecular weight is 427 g/mol. The number of thiophene rings is 1. The zero-order valence-electron chi connectivity index (χ0n) is 15.3. The number of carbonyl (C=O) groups excluding carboxylic acids is 3. The summed E-state index contributed by atoms with van der Waals surface area (Å²) in [4.78, 5) is 41.0. The van der Waals surface area contributed by atoms with Crippen molar-refractivity contribution in [3.05, 3.63) is 57.7 Å². The highest BCUT2D eigenvalue weighted by Crippen LogP contribution is 2.30. The first kappa shape index (κ1) is 19.3. The summed E-state index contributed by atoms with van der Waals surface area (Å²) in [6.07, 6.45) is 2.01. The van der Waals surface area contributed by atoms with Gasteiger partial charge in [0.1, 0.15) is 0 Å². The summed E-state index contributed by atoms with van der Waals surface area (Å²) in [6.45, 7) is 0. The number of amides is 3. The second kappa shape index (κ2) is 8.54. The van der Waals surface area contributed by atoms with Crippen molar-refractivity contribution in [3.63, 3.8) is 0 Å². The molecule has 1 aliphatic carbocycles. The summed E-state index contributed by atoms with van der Waals surface area (Å²) in [5.41, 5.74) is 1.94. The van der Waals surface area contributed by atoms with Gasteiger partial charge < -0.3 is 10.6 Å². The number of hydrogen-bond acceptors (Lipinski definition) is 6. The van der Waals surface area contributed by atoms with Crippen molar-refractivity contribution in [1.29, 1.82) is 0 Å². The highest BCUT2D eigenvalue weighted by atomic mass is 32.1. The van der Waals surface area contributed by atoms with E-state index in [0.29, 0.717) is 27.1 Å². The fraction of sp³-hybridized carbons (Fsp3) is 0.200. The van der Waals surface area contributed by atoms with E-state index in [1.165, 1.54) is 22.7 Å². The van der Waals surface area contributed by atoms with E-state index in [4.69, 9.17) is 0 Å². The van der Waals surface area contributed by atoms with Gasteiger partial charge in [-0.2, -0.15) is 0 Å². The minimum Gasteiger partial charge on any atom is -0.326 e. The molecular formula is C20H18N4O3S2. The third kappa shape index (κ3) is 5.27. The first-order chi connectivity index (χ1) is 14.1. The van der Waals surface area contributed by atoms with E-state index in [0.717, 1.165) is 12.8 Å². The van der Waals surface area contributed by atoms with Gasteiger partial charge in [0, 0.05) is 22.7 Å². The quantitative estimate of drug-likeness (QED) is 0.532. The maximum absolute atomic E-state index is 12.3. The van der Waals surface area contributed by atoms with Crippen LogP contribution in [0.25, 0.3) is 0 Å². The molecule has 9 heteroatoms. The lowest BCUT2D eigenvalue weighted by Crippen LogP contribution is -2.15. The van der Waals surface area contributed by atoms with Crippen LogP contribution in [0.4, 0.5) is 16.5 Å². The average Bonchev–Trinajstić information content (AvgIpc) is 3.23. The van der Waals surface area contributed by atoms with Crippen molar-refractivity contribution in [2.75, 3.05) is 16.0 Å². The van der Waals surface area contributed by atoms with Crippen molar-refractivity contribution in [1.82, 2.24) is 4.98 Å². The van der Waals surface area contributed by atoms with E-state index in [-0.39, 0.29) is 30.1 Å². The van der Waals surface area contributed by atoms with E-state index in [1.54, 1.807) is 35.7 Å². The molecule has 1 aliphatic rings. The molecule has 0 bridgehead atoms. The molecule has 2 heterocycles. The lowest BCUT2D eigenvalue weighted by molar-refractivity contribution is -0.117. The summed E-state index contributed by atoms with van der Waals surface area (Å²) in [7, 11) is 0. The fourth-order valence-corrected chi connectivity index (χ4v) is 3.93. The van der Waals surface area contributed by atoms with Gasteiger partial charge in [-0.1, -0.05) is 6.07 Å². The lowest BCUT2D eigenvalue weighted by atomic mass is 10.2. The largest absolute Gasteiger partial charge is 0.326 e. The molecule has 1 saturated carbocycles. The standard InChI is InChI=1S/C20H18N4O3S2/c25-17(21-13-5-7-14(8-6-13)22-18(26)12-3-4-12)10-15-11-29-20(23-15)24-19(27)16-2-1-9-28-16/h1-2,5-9,11-12H,3-4,10H2,(H,21,25)(H,22,26)(H,23,24,27). The Labute approximate surface area is 175 Å². The van der Waals surface area contributed by atoms with Crippen LogP contribution in [-0.2, 0) is 16.0 Å². The van der Waals surface area contributed by atoms with Crippen LogP contribution in [0.3, 0.4) is 0 Å². The molecule has 0 radical (unpaired) electrons. The molecule has 3 aromatic rings. The summed E-state index contributed by atoms with van der Waals surface area (Å²) in [5.74, 6) is -0.222. The first-order valence-corrected chi connectivity index (χ1v) is 10.8. The molecule has 7 nitrogen and oxygen atoms in total. The molecule has 1 aromatic carbocycles. The Morgan fingerprint density at radius 1 is 0.966 bits per heavy atom. The predicted molar refractivity (Wildman–Crippen MR) is 115 cm³/mol. The Bertz CT molecular complexity index is 1020. The van der Waals surface area contributed by atoms with Crippen LogP contribution in [0.5, 0.6) is 0 Å². The molecule has 0 spiro atoms. The number of carbonyl (C=O) groups is 3. The highest BCUT2D eigenvalue weighted by molar-refractivity contribution is 7.14. The molecule has 2 aromatic heterocycles. The number of aromatic nitrogens is 1. The van der Waals surface area contributed by atoms with E-state index in [1.807, 2.05) is 11.4 Å². The van der Waals surface area contributed by atoms with Crippen LogP contribution in [0.2, 0.25) is 0 Å². The molecule has 0 saturated heterocycles. The Hall–Kier alpha value is -3.04. The van der Waals surface area contributed by atoms with Gasteiger partial charge in [-0.05, 0) is 48.6 Å². The van der Waals surface area contributed by atoms with Gasteiger partial charge in [-0.3, -0.25) is 19.7 Å². The van der Waals surface area contributed by atoms with Gasteiger partial charge >= 0.3 is 0 Å². The molecule has 3 N–H and O–H groups in total. The molecule has 148 valence electrons. The maximum atomic E-state index is 12.3.